The molecule has 3 aromatic rings. The molecule has 180 valence electrons. The van der Waals surface area contributed by atoms with E-state index in [0.29, 0.717) is 5.02 Å². The van der Waals surface area contributed by atoms with Crippen LogP contribution in [-0.2, 0) is 0 Å². The molecule has 0 spiro atoms. The molecule has 0 radical (unpaired) electrons. The van der Waals surface area contributed by atoms with Crippen LogP contribution in [0, 0.1) is 0 Å². The summed E-state index contributed by atoms with van der Waals surface area (Å²) in [5.41, 5.74) is 6.40. The zero-order valence-corrected chi connectivity index (χ0v) is 20.4. The van der Waals surface area contributed by atoms with Crippen LogP contribution in [0.2, 0.25) is 5.02 Å². The van der Waals surface area contributed by atoms with Crippen molar-refractivity contribution in [3.8, 4) is 17.1 Å². The van der Waals surface area contributed by atoms with Crippen LogP contribution in [0.4, 0.5) is 11.4 Å². The van der Waals surface area contributed by atoms with Gasteiger partial charge in [-0.2, -0.15) is 0 Å². The van der Waals surface area contributed by atoms with Crippen molar-refractivity contribution >= 4 is 34.0 Å². The maximum atomic E-state index is 9.99. The maximum absolute atomic E-state index is 9.99. The molecule has 6 rings (SSSR count). The molecule has 1 aromatic heterocycles. The Morgan fingerprint density at radius 1 is 0.944 bits per heavy atom. The van der Waals surface area contributed by atoms with Crippen LogP contribution in [0.25, 0.3) is 28.1 Å². The highest BCUT2D eigenvalue weighted by atomic mass is 35.5. The van der Waals surface area contributed by atoms with Gasteiger partial charge in [-0.25, -0.2) is 4.98 Å². The van der Waals surface area contributed by atoms with Crippen LogP contribution in [0.1, 0.15) is 25.7 Å². The SMILES string of the molecule is OC1CCC(N=c2cc3n(-c4cccc(Cl)c4)c4ccccc4nc-3cc2Nc2cccnc2)CC1. The molecule has 1 aliphatic heterocycles. The third-order valence-electron chi connectivity index (χ3n) is 6.69. The van der Waals surface area contributed by atoms with E-state index in [1.165, 1.54) is 0 Å². The number of hydrogen-bond donors (Lipinski definition) is 2. The van der Waals surface area contributed by atoms with Gasteiger partial charge in [0.05, 0.1) is 57.5 Å². The Bertz CT molecular complexity index is 1560. The number of nitrogens with zero attached hydrogens (tertiary/aromatic N) is 4. The molecule has 2 N–H and O–H groups in total. The molecule has 0 unspecified atom stereocenters. The van der Waals surface area contributed by atoms with Gasteiger partial charge < -0.3 is 15.0 Å². The van der Waals surface area contributed by atoms with Crippen molar-refractivity contribution in [2.75, 3.05) is 5.32 Å². The van der Waals surface area contributed by atoms with E-state index in [1.54, 1.807) is 12.4 Å². The number of aliphatic hydroxyl groups is 1. The number of halogens is 1. The van der Waals surface area contributed by atoms with E-state index >= 15 is 0 Å². The van der Waals surface area contributed by atoms with E-state index in [-0.39, 0.29) is 12.1 Å². The molecule has 0 saturated heterocycles. The maximum Gasteiger partial charge on any atom is 0.0900 e. The summed E-state index contributed by atoms with van der Waals surface area (Å²) in [5, 5.41) is 15.0. The van der Waals surface area contributed by atoms with E-state index in [1.807, 2.05) is 48.5 Å². The number of aliphatic hydroxyl groups excluding tert-OH is 1. The van der Waals surface area contributed by atoms with Gasteiger partial charge in [-0.15, -0.1) is 0 Å². The lowest BCUT2D eigenvalue weighted by molar-refractivity contribution is 0.123. The summed E-state index contributed by atoms with van der Waals surface area (Å²) in [6, 6.07) is 24.2. The number of rotatable bonds is 4. The minimum atomic E-state index is -0.221. The molecule has 3 aliphatic rings. The Kier molecular flexibility index (Phi) is 6.13. The first-order chi connectivity index (χ1) is 17.6. The van der Waals surface area contributed by atoms with E-state index in [2.05, 4.69) is 39.1 Å². The van der Waals surface area contributed by atoms with Gasteiger partial charge in [0.1, 0.15) is 0 Å². The number of para-hydroxylation sites is 2. The average Bonchev–Trinajstić information content (AvgIpc) is 2.89. The van der Waals surface area contributed by atoms with Gasteiger partial charge in [0, 0.05) is 16.9 Å². The van der Waals surface area contributed by atoms with Crippen LogP contribution in [-0.4, -0.2) is 31.8 Å². The Balaban J connectivity index is 1.61. The summed E-state index contributed by atoms with van der Waals surface area (Å²) in [7, 11) is 0. The lowest BCUT2D eigenvalue weighted by Crippen LogP contribution is -2.24. The highest BCUT2D eigenvalue weighted by Crippen LogP contribution is 2.31. The topological polar surface area (TPSA) is 75.3 Å². The molecule has 7 heteroatoms. The van der Waals surface area contributed by atoms with Gasteiger partial charge in [-0.1, -0.05) is 29.8 Å². The number of fused-ring (bicyclic) bond motifs is 2. The summed E-state index contributed by atoms with van der Waals surface area (Å²) >= 11 is 6.40. The third kappa shape index (κ3) is 4.57. The number of aromatic nitrogens is 3. The molecule has 2 aliphatic carbocycles. The molecule has 2 heterocycles. The highest BCUT2D eigenvalue weighted by molar-refractivity contribution is 6.30. The van der Waals surface area contributed by atoms with Crippen molar-refractivity contribution in [3.05, 3.63) is 95.6 Å². The Hall–Kier alpha value is -3.74. The zero-order valence-electron chi connectivity index (χ0n) is 19.7. The van der Waals surface area contributed by atoms with Crippen molar-refractivity contribution in [3.63, 3.8) is 0 Å². The van der Waals surface area contributed by atoms with Gasteiger partial charge in [-0.3, -0.25) is 9.98 Å². The van der Waals surface area contributed by atoms with Crippen LogP contribution in [0.15, 0.2) is 90.2 Å². The second kappa shape index (κ2) is 9.72. The van der Waals surface area contributed by atoms with Crippen molar-refractivity contribution in [1.82, 2.24) is 14.5 Å². The van der Waals surface area contributed by atoms with Crippen LogP contribution < -0.4 is 10.7 Å². The van der Waals surface area contributed by atoms with Gasteiger partial charge >= 0.3 is 0 Å². The Morgan fingerprint density at radius 3 is 2.61 bits per heavy atom. The van der Waals surface area contributed by atoms with Crippen molar-refractivity contribution in [2.45, 2.75) is 37.8 Å². The zero-order chi connectivity index (χ0) is 24.5. The lowest BCUT2D eigenvalue weighted by Gasteiger charge is -2.23. The predicted octanol–water partition coefficient (Wildman–Crippen LogP) is 6.13. The second-order valence-electron chi connectivity index (χ2n) is 9.23. The van der Waals surface area contributed by atoms with Crippen LogP contribution in [0.3, 0.4) is 0 Å². The number of nitrogens with one attached hydrogen (secondary N) is 1. The molecule has 0 bridgehead atoms. The summed E-state index contributed by atoms with van der Waals surface area (Å²) in [4.78, 5) is 14.4. The van der Waals surface area contributed by atoms with Gasteiger partial charge in [-0.05, 0) is 80.3 Å². The fraction of sp³-hybridized carbons (Fsp3) is 0.207. The van der Waals surface area contributed by atoms with E-state index in [0.717, 1.165) is 70.5 Å². The summed E-state index contributed by atoms with van der Waals surface area (Å²) in [6.07, 6.45) is 6.63. The molecule has 1 saturated carbocycles. The minimum absolute atomic E-state index is 0.160. The minimum Gasteiger partial charge on any atom is -0.393 e. The van der Waals surface area contributed by atoms with Crippen LogP contribution in [0.5, 0.6) is 0 Å². The average molecular weight is 496 g/mol. The molecule has 36 heavy (non-hydrogen) atoms. The first-order valence-corrected chi connectivity index (χ1v) is 12.6. The van der Waals surface area contributed by atoms with Crippen molar-refractivity contribution < 1.29 is 5.11 Å². The van der Waals surface area contributed by atoms with Crippen molar-refractivity contribution in [1.29, 1.82) is 0 Å². The van der Waals surface area contributed by atoms with E-state index in [9.17, 15) is 5.11 Å². The third-order valence-corrected chi connectivity index (χ3v) is 6.93. The smallest absolute Gasteiger partial charge is 0.0900 e. The summed E-state index contributed by atoms with van der Waals surface area (Å²) in [6.45, 7) is 0. The predicted molar refractivity (Wildman–Crippen MR) is 144 cm³/mol. The van der Waals surface area contributed by atoms with Crippen molar-refractivity contribution in [2.24, 2.45) is 4.99 Å². The number of benzene rings is 3. The Morgan fingerprint density at radius 2 is 1.81 bits per heavy atom. The second-order valence-corrected chi connectivity index (χ2v) is 9.67. The quantitative estimate of drug-likeness (QED) is 0.294. The van der Waals surface area contributed by atoms with Gasteiger partial charge in [0.15, 0.2) is 0 Å². The summed E-state index contributed by atoms with van der Waals surface area (Å²) in [5.74, 6) is 0. The molecule has 0 atom stereocenters. The van der Waals surface area contributed by atoms with Gasteiger partial charge in [0.2, 0.25) is 0 Å². The molecule has 2 aromatic carbocycles. The molecular formula is C29H26ClN5O. The van der Waals surface area contributed by atoms with Gasteiger partial charge in [0.25, 0.3) is 0 Å². The largest absolute Gasteiger partial charge is 0.393 e. The molecule has 6 nitrogen and oxygen atoms in total. The molecule has 1 fully saturated rings. The van der Waals surface area contributed by atoms with E-state index in [4.69, 9.17) is 21.6 Å². The Labute approximate surface area is 214 Å². The number of pyridine rings is 1. The van der Waals surface area contributed by atoms with E-state index < -0.39 is 0 Å². The first-order valence-electron chi connectivity index (χ1n) is 12.2. The monoisotopic (exact) mass is 495 g/mol. The number of hydrogen-bond acceptors (Lipinski definition) is 5. The lowest BCUT2D eigenvalue weighted by atomic mass is 9.93. The summed E-state index contributed by atoms with van der Waals surface area (Å²) < 4.78 is 2.20. The standard InChI is InChI=1S/C29H26ClN5O/c30-19-5-3-7-22(15-19)35-28-9-2-1-8-24(28)34-27-16-25(33-21-6-4-14-31-18-21)26(17-29(27)35)32-20-10-12-23(36)13-11-20/h1-9,14-18,20,23,33,36H,10-13H2. The molecule has 0 amide bonds. The number of anilines is 2. The first kappa shape index (κ1) is 22.7. The van der Waals surface area contributed by atoms with Crippen LogP contribution >= 0.6 is 11.6 Å². The normalized spacial score (nSPS) is 18.6. The molecular weight excluding hydrogens is 470 g/mol. The fourth-order valence-electron chi connectivity index (χ4n) is 4.92. The fourth-order valence-corrected chi connectivity index (χ4v) is 5.10. The highest BCUT2D eigenvalue weighted by Gasteiger charge is 2.20.